The fourth-order valence-corrected chi connectivity index (χ4v) is 3.48. The molecular formula is C21H24F3N3O2. The number of benzene rings is 1. The van der Waals surface area contributed by atoms with Crippen molar-refractivity contribution in [3.63, 3.8) is 0 Å². The molecule has 5 nitrogen and oxygen atoms in total. The monoisotopic (exact) mass is 407 g/mol. The summed E-state index contributed by atoms with van der Waals surface area (Å²) in [5.41, 5.74) is -0.766. The molecule has 1 aliphatic rings. The van der Waals surface area contributed by atoms with Crippen LogP contribution in [0.4, 0.5) is 19.0 Å². The van der Waals surface area contributed by atoms with Gasteiger partial charge in [0.15, 0.2) is 0 Å². The van der Waals surface area contributed by atoms with Gasteiger partial charge < -0.3 is 14.5 Å². The highest BCUT2D eigenvalue weighted by Gasteiger charge is 2.37. The van der Waals surface area contributed by atoms with Crippen LogP contribution in [-0.2, 0) is 11.0 Å². The molecule has 1 saturated heterocycles. The maximum atomic E-state index is 13.3. The van der Waals surface area contributed by atoms with E-state index in [0.717, 1.165) is 11.8 Å². The Bertz CT molecular complexity index is 814. The lowest BCUT2D eigenvalue weighted by Gasteiger charge is -2.35. The van der Waals surface area contributed by atoms with Crippen molar-refractivity contribution in [1.29, 1.82) is 0 Å². The van der Waals surface area contributed by atoms with Crippen molar-refractivity contribution >= 4 is 11.7 Å². The van der Waals surface area contributed by atoms with E-state index in [0.29, 0.717) is 32.5 Å². The summed E-state index contributed by atoms with van der Waals surface area (Å²) in [7, 11) is 1.69. The van der Waals surface area contributed by atoms with Crippen LogP contribution in [-0.4, -0.2) is 49.1 Å². The standard InChI is InChI=1S/C21H24F3N3O2/c1-26(13-14-29-17-8-3-2-4-9-17)20(28)16-7-6-12-27(15-16)19-18(21(22,23)24)10-5-11-25-19/h2-5,8-11,16H,6-7,12-15H2,1H3. The highest BCUT2D eigenvalue weighted by Crippen LogP contribution is 2.36. The van der Waals surface area contributed by atoms with Crippen molar-refractivity contribution in [3.8, 4) is 5.75 Å². The van der Waals surface area contributed by atoms with Crippen LogP contribution in [0.25, 0.3) is 0 Å². The molecule has 29 heavy (non-hydrogen) atoms. The summed E-state index contributed by atoms with van der Waals surface area (Å²) in [4.78, 5) is 19.9. The van der Waals surface area contributed by atoms with Crippen LogP contribution in [0.15, 0.2) is 48.7 Å². The molecule has 0 bridgehead atoms. The van der Waals surface area contributed by atoms with Gasteiger partial charge in [0.05, 0.1) is 18.0 Å². The van der Waals surface area contributed by atoms with Gasteiger partial charge in [0.25, 0.3) is 0 Å². The van der Waals surface area contributed by atoms with Gasteiger partial charge in [-0.2, -0.15) is 13.2 Å². The highest BCUT2D eigenvalue weighted by molar-refractivity contribution is 5.79. The van der Waals surface area contributed by atoms with E-state index in [1.54, 1.807) is 16.8 Å². The summed E-state index contributed by atoms with van der Waals surface area (Å²) < 4.78 is 45.6. The first-order valence-electron chi connectivity index (χ1n) is 9.56. The second kappa shape index (κ2) is 9.15. The lowest BCUT2D eigenvalue weighted by atomic mass is 9.96. The molecule has 8 heteroatoms. The number of halogens is 3. The molecule has 1 amide bonds. The number of anilines is 1. The van der Waals surface area contributed by atoms with Crippen LogP contribution < -0.4 is 9.64 Å². The SMILES string of the molecule is CN(CCOc1ccccc1)C(=O)C1CCCN(c2ncccc2C(F)(F)F)C1. The summed E-state index contributed by atoms with van der Waals surface area (Å²) in [5.74, 6) is 0.170. The number of carbonyl (C=O) groups excluding carboxylic acids is 1. The second-order valence-corrected chi connectivity index (χ2v) is 7.08. The molecule has 1 unspecified atom stereocenters. The summed E-state index contributed by atoms with van der Waals surface area (Å²) in [6, 6.07) is 11.6. The van der Waals surface area contributed by atoms with E-state index in [1.807, 2.05) is 30.3 Å². The zero-order chi connectivity index (χ0) is 20.9. The highest BCUT2D eigenvalue weighted by atomic mass is 19.4. The van der Waals surface area contributed by atoms with Crippen LogP contribution in [0.1, 0.15) is 18.4 Å². The molecule has 3 rings (SSSR count). The molecule has 1 fully saturated rings. The van der Waals surface area contributed by atoms with E-state index in [9.17, 15) is 18.0 Å². The Kier molecular flexibility index (Phi) is 6.61. The molecule has 0 spiro atoms. The first-order chi connectivity index (χ1) is 13.9. The minimum absolute atomic E-state index is 0.0872. The molecule has 156 valence electrons. The van der Waals surface area contributed by atoms with Crippen LogP contribution in [0.3, 0.4) is 0 Å². The lowest BCUT2D eigenvalue weighted by molar-refractivity contribution is -0.137. The molecule has 0 aliphatic carbocycles. The maximum absolute atomic E-state index is 13.3. The number of rotatable bonds is 6. The van der Waals surface area contributed by atoms with Crippen LogP contribution in [0.5, 0.6) is 5.75 Å². The lowest BCUT2D eigenvalue weighted by Crippen LogP contribution is -2.45. The number of aromatic nitrogens is 1. The van der Waals surface area contributed by atoms with Crippen LogP contribution in [0, 0.1) is 5.92 Å². The minimum atomic E-state index is -4.48. The molecule has 1 aromatic carbocycles. The van der Waals surface area contributed by atoms with Gasteiger partial charge in [-0.15, -0.1) is 0 Å². The molecule has 1 aliphatic heterocycles. The molecule has 0 N–H and O–H groups in total. The third-order valence-electron chi connectivity index (χ3n) is 4.98. The molecule has 1 aromatic heterocycles. The fraction of sp³-hybridized carbons (Fsp3) is 0.429. The summed E-state index contributed by atoms with van der Waals surface area (Å²) in [6.07, 6.45) is -1.85. The van der Waals surface area contributed by atoms with Gasteiger partial charge in [-0.3, -0.25) is 4.79 Å². The fourth-order valence-electron chi connectivity index (χ4n) is 3.48. The summed E-state index contributed by atoms with van der Waals surface area (Å²) >= 11 is 0. The molecule has 2 heterocycles. The van der Waals surface area contributed by atoms with E-state index in [4.69, 9.17) is 4.74 Å². The molecule has 0 saturated carbocycles. The Morgan fingerprint density at radius 1 is 1.24 bits per heavy atom. The number of hydrogen-bond donors (Lipinski definition) is 0. The Hall–Kier alpha value is -2.77. The van der Waals surface area contributed by atoms with Gasteiger partial charge in [0.2, 0.25) is 5.91 Å². The number of hydrogen-bond acceptors (Lipinski definition) is 4. The Morgan fingerprint density at radius 2 is 2.00 bits per heavy atom. The van der Waals surface area contributed by atoms with Gasteiger partial charge in [-0.1, -0.05) is 18.2 Å². The van der Waals surface area contributed by atoms with Gasteiger partial charge in [0.1, 0.15) is 18.2 Å². The average molecular weight is 407 g/mol. The van der Waals surface area contributed by atoms with Crippen molar-refractivity contribution in [1.82, 2.24) is 9.88 Å². The van der Waals surface area contributed by atoms with E-state index < -0.39 is 11.7 Å². The van der Waals surface area contributed by atoms with Crippen molar-refractivity contribution in [3.05, 3.63) is 54.2 Å². The molecule has 2 aromatic rings. The number of para-hydroxylation sites is 1. The third-order valence-corrected chi connectivity index (χ3v) is 4.98. The number of ether oxygens (including phenoxy) is 1. The summed E-state index contributed by atoms with van der Waals surface area (Å²) in [6.45, 7) is 1.43. The first kappa shape index (κ1) is 21.0. The maximum Gasteiger partial charge on any atom is 0.419 e. The number of pyridine rings is 1. The largest absolute Gasteiger partial charge is 0.492 e. The number of carbonyl (C=O) groups is 1. The quantitative estimate of drug-likeness (QED) is 0.730. The third kappa shape index (κ3) is 5.40. The van der Waals surface area contributed by atoms with Crippen molar-refractivity contribution in [2.24, 2.45) is 5.92 Å². The number of alkyl halides is 3. The number of likely N-dealkylation sites (N-methyl/N-ethyl adjacent to an activating group) is 1. The van der Waals surface area contributed by atoms with E-state index in [2.05, 4.69) is 4.98 Å². The van der Waals surface area contributed by atoms with Crippen molar-refractivity contribution < 1.29 is 22.7 Å². The van der Waals surface area contributed by atoms with E-state index in [-0.39, 0.29) is 24.2 Å². The molecule has 0 radical (unpaired) electrons. The topological polar surface area (TPSA) is 45.7 Å². The average Bonchev–Trinajstić information content (AvgIpc) is 2.73. The first-order valence-corrected chi connectivity index (χ1v) is 9.56. The zero-order valence-electron chi connectivity index (χ0n) is 16.2. The van der Waals surface area contributed by atoms with Gasteiger partial charge in [-0.25, -0.2) is 4.98 Å². The predicted octanol–water partition coefficient (Wildman–Crippen LogP) is 3.85. The number of amides is 1. The minimum Gasteiger partial charge on any atom is -0.492 e. The van der Waals surface area contributed by atoms with E-state index >= 15 is 0 Å². The van der Waals surface area contributed by atoms with Gasteiger partial charge in [-0.05, 0) is 37.1 Å². The normalized spacial score (nSPS) is 17.1. The summed E-state index contributed by atoms with van der Waals surface area (Å²) in [5, 5.41) is 0. The molecule has 1 atom stereocenters. The van der Waals surface area contributed by atoms with Gasteiger partial charge in [0, 0.05) is 26.3 Å². The Balaban J connectivity index is 1.59. The van der Waals surface area contributed by atoms with Gasteiger partial charge >= 0.3 is 6.18 Å². The Morgan fingerprint density at radius 3 is 2.72 bits per heavy atom. The van der Waals surface area contributed by atoms with E-state index in [1.165, 1.54) is 12.3 Å². The van der Waals surface area contributed by atoms with Crippen molar-refractivity contribution in [2.75, 3.05) is 38.2 Å². The zero-order valence-corrected chi connectivity index (χ0v) is 16.2. The Labute approximate surface area is 168 Å². The molecular weight excluding hydrogens is 383 g/mol. The van der Waals surface area contributed by atoms with Crippen LogP contribution >= 0.6 is 0 Å². The smallest absolute Gasteiger partial charge is 0.419 e. The van der Waals surface area contributed by atoms with Crippen molar-refractivity contribution in [2.45, 2.75) is 19.0 Å². The predicted molar refractivity (Wildman–Crippen MR) is 104 cm³/mol. The number of nitrogens with zero attached hydrogens (tertiary/aromatic N) is 3. The number of piperidine rings is 1. The van der Waals surface area contributed by atoms with Crippen LogP contribution in [0.2, 0.25) is 0 Å². The second-order valence-electron chi connectivity index (χ2n) is 7.08.